The Morgan fingerprint density at radius 3 is 2.82 bits per heavy atom. The highest BCUT2D eigenvalue weighted by Crippen LogP contribution is 2.29. The molecule has 1 aliphatic heterocycles. The van der Waals surface area contributed by atoms with Gasteiger partial charge in [0.25, 0.3) is 0 Å². The van der Waals surface area contributed by atoms with Crippen LogP contribution in [-0.4, -0.2) is 34.6 Å². The molecule has 2 aromatic heterocycles. The zero-order valence-corrected chi connectivity index (χ0v) is 17.2. The summed E-state index contributed by atoms with van der Waals surface area (Å²) in [7, 11) is 0. The van der Waals surface area contributed by atoms with Crippen LogP contribution in [0.4, 0.5) is 0 Å². The van der Waals surface area contributed by atoms with E-state index in [4.69, 9.17) is 14.5 Å². The van der Waals surface area contributed by atoms with Gasteiger partial charge in [0.05, 0.1) is 23.8 Å². The molecule has 0 aliphatic carbocycles. The lowest BCUT2D eigenvalue weighted by Crippen LogP contribution is -2.31. The topological polar surface area (TPSA) is 47.5 Å². The second kappa shape index (κ2) is 8.71. The molecule has 0 bridgehead atoms. The molecule has 6 heteroatoms. The molecule has 0 spiro atoms. The van der Waals surface area contributed by atoms with Gasteiger partial charge in [0.15, 0.2) is 5.82 Å². The summed E-state index contributed by atoms with van der Waals surface area (Å²) >= 11 is 1.68. The van der Waals surface area contributed by atoms with Crippen molar-refractivity contribution in [3.05, 3.63) is 58.7 Å². The quantitative estimate of drug-likeness (QED) is 0.587. The van der Waals surface area contributed by atoms with E-state index in [1.54, 1.807) is 11.3 Å². The molecule has 0 saturated heterocycles. The van der Waals surface area contributed by atoms with Gasteiger partial charge in [-0.05, 0) is 43.5 Å². The van der Waals surface area contributed by atoms with Crippen LogP contribution in [0, 0.1) is 0 Å². The Labute approximate surface area is 170 Å². The number of ether oxygens (including phenoxy) is 2. The minimum Gasteiger partial charge on any atom is -0.494 e. The third-order valence-electron chi connectivity index (χ3n) is 4.79. The van der Waals surface area contributed by atoms with Gasteiger partial charge in [0, 0.05) is 43.4 Å². The summed E-state index contributed by atoms with van der Waals surface area (Å²) < 4.78 is 11.5. The van der Waals surface area contributed by atoms with E-state index in [-0.39, 0.29) is 0 Å². The van der Waals surface area contributed by atoms with Crippen LogP contribution < -0.4 is 9.47 Å². The fourth-order valence-corrected chi connectivity index (χ4v) is 4.17. The van der Waals surface area contributed by atoms with Crippen molar-refractivity contribution >= 4 is 11.3 Å². The lowest BCUT2D eigenvalue weighted by Gasteiger charge is -2.28. The van der Waals surface area contributed by atoms with Crippen LogP contribution >= 0.6 is 11.3 Å². The van der Waals surface area contributed by atoms with Crippen molar-refractivity contribution in [2.75, 3.05) is 19.8 Å². The molecule has 146 valence electrons. The van der Waals surface area contributed by atoms with Gasteiger partial charge < -0.3 is 9.47 Å². The molecular weight excluding hydrogens is 370 g/mol. The smallest absolute Gasteiger partial charge is 0.169 e. The number of hydrogen-bond acceptors (Lipinski definition) is 6. The van der Waals surface area contributed by atoms with E-state index in [1.807, 2.05) is 38.2 Å². The zero-order chi connectivity index (χ0) is 19.3. The number of fused-ring (bicyclic) bond motifs is 1. The molecule has 0 fully saturated rings. The summed E-state index contributed by atoms with van der Waals surface area (Å²) in [6.45, 7) is 7.98. The molecule has 4 rings (SSSR count). The van der Waals surface area contributed by atoms with Crippen LogP contribution in [0.2, 0.25) is 0 Å². The highest BCUT2D eigenvalue weighted by Gasteiger charge is 2.20. The van der Waals surface area contributed by atoms with E-state index in [9.17, 15) is 0 Å². The molecule has 0 unspecified atom stereocenters. The van der Waals surface area contributed by atoms with Crippen LogP contribution in [0.15, 0.2) is 41.9 Å². The number of nitrogens with zero attached hydrogens (tertiary/aromatic N) is 3. The van der Waals surface area contributed by atoms with Crippen LogP contribution in [0.25, 0.3) is 10.7 Å². The summed E-state index contributed by atoms with van der Waals surface area (Å²) in [6, 6.07) is 10.2. The van der Waals surface area contributed by atoms with Crippen LogP contribution in [0.1, 0.15) is 30.7 Å². The minimum atomic E-state index is 0.656. The van der Waals surface area contributed by atoms with Gasteiger partial charge in [-0.15, -0.1) is 11.3 Å². The predicted molar refractivity (Wildman–Crippen MR) is 112 cm³/mol. The first kappa shape index (κ1) is 18.9. The normalized spacial score (nSPS) is 13.9. The van der Waals surface area contributed by atoms with Crippen molar-refractivity contribution in [1.82, 2.24) is 14.9 Å². The summed E-state index contributed by atoms with van der Waals surface area (Å²) in [6.07, 6.45) is 2.93. The Bertz CT molecular complexity index is 928. The Kier molecular flexibility index (Phi) is 5.88. The van der Waals surface area contributed by atoms with Crippen LogP contribution in [-0.2, 0) is 19.5 Å². The zero-order valence-electron chi connectivity index (χ0n) is 16.4. The summed E-state index contributed by atoms with van der Waals surface area (Å²) in [4.78, 5) is 12.9. The summed E-state index contributed by atoms with van der Waals surface area (Å²) in [5, 5.41) is 2.06. The molecule has 0 radical (unpaired) electrons. The molecule has 0 N–H and O–H groups in total. The van der Waals surface area contributed by atoms with E-state index in [0.717, 1.165) is 53.8 Å². The third-order valence-corrected chi connectivity index (χ3v) is 5.66. The first-order valence-corrected chi connectivity index (χ1v) is 10.6. The van der Waals surface area contributed by atoms with Gasteiger partial charge in [-0.3, -0.25) is 4.90 Å². The third kappa shape index (κ3) is 4.18. The molecule has 0 amide bonds. The maximum atomic E-state index is 5.83. The van der Waals surface area contributed by atoms with Gasteiger partial charge in [0.1, 0.15) is 11.5 Å². The van der Waals surface area contributed by atoms with Gasteiger partial charge in [-0.2, -0.15) is 0 Å². The maximum Gasteiger partial charge on any atom is 0.169 e. The van der Waals surface area contributed by atoms with Crippen molar-refractivity contribution < 1.29 is 9.47 Å². The molecule has 1 aromatic carbocycles. The summed E-state index contributed by atoms with van der Waals surface area (Å²) in [5.74, 6) is 2.66. The van der Waals surface area contributed by atoms with Crippen molar-refractivity contribution in [2.24, 2.45) is 0 Å². The Hall–Kier alpha value is -2.44. The van der Waals surface area contributed by atoms with Gasteiger partial charge in [-0.25, -0.2) is 9.97 Å². The summed E-state index contributed by atoms with van der Waals surface area (Å²) in [5.41, 5.74) is 3.54. The molecule has 0 atom stereocenters. The van der Waals surface area contributed by atoms with Gasteiger partial charge in [-0.1, -0.05) is 6.07 Å². The fraction of sp³-hybridized carbons (Fsp3) is 0.364. The highest BCUT2D eigenvalue weighted by molar-refractivity contribution is 7.13. The Balaban J connectivity index is 1.51. The van der Waals surface area contributed by atoms with E-state index in [2.05, 4.69) is 27.4 Å². The fourth-order valence-electron chi connectivity index (χ4n) is 3.51. The van der Waals surface area contributed by atoms with Crippen molar-refractivity contribution in [2.45, 2.75) is 33.4 Å². The molecular formula is C22H25N3O2S. The number of benzene rings is 1. The van der Waals surface area contributed by atoms with Crippen molar-refractivity contribution in [3.8, 4) is 22.2 Å². The van der Waals surface area contributed by atoms with E-state index >= 15 is 0 Å². The average Bonchev–Trinajstić information content (AvgIpc) is 3.25. The molecule has 3 heterocycles. The second-order valence-electron chi connectivity index (χ2n) is 6.74. The average molecular weight is 396 g/mol. The first-order valence-electron chi connectivity index (χ1n) is 9.76. The van der Waals surface area contributed by atoms with Gasteiger partial charge >= 0.3 is 0 Å². The maximum absolute atomic E-state index is 5.83. The van der Waals surface area contributed by atoms with E-state index < -0.39 is 0 Å². The first-order chi connectivity index (χ1) is 13.8. The van der Waals surface area contributed by atoms with E-state index in [1.165, 1.54) is 11.3 Å². The van der Waals surface area contributed by atoms with Crippen molar-refractivity contribution in [1.29, 1.82) is 0 Å². The van der Waals surface area contributed by atoms with Crippen LogP contribution in [0.3, 0.4) is 0 Å². The molecule has 5 nitrogen and oxygen atoms in total. The predicted octanol–water partition coefficient (Wildman–Crippen LogP) is 4.56. The SMILES string of the molecule is CCOc1ccc(OCC)c(CN2CCc3nc(-c4cccs4)ncc3C2)c1. The molecule has 0 saturated carbocycles. The monoisotopic (exact) mass is 395 g/mol. The number of rotatable bonds is 7. The number of hydrogen-bond donors (Lipinski definition) is 0. The molecule has 1 aliphatic rings. The highest BCUT2D eigenvalue weighted by atomic mass is 32.1. The number of thiophene rings is 1. The van der Waals surface area contributed by atoms with Gasteiger partial charge in [0.2, 0.25) is 0 Å². The second-order valence-corrected chi connectivity index (χ2v) is 7.69. The number of aromatic nitrogens is 2. The largest absolute Gasteiger partial charge is 0.494 e. The van der Waals surface area contributed by atoms with E-state index in [0.29, 0.717) is 13.2 Å². The van der Waals surface area contributed by atoms with Crippen molar-refractivity contribution in [3.63, 3.8) is 0 Å². The molecule has 28 heavy (non-hydrogen) atoms. The lowest BCUT2D eigenvalue weighted by atomic mass is 10.1. The standard InChI is InChI=1S/C22H25N3O2S/c1-3-26-18-7-8-20(27-4-2)16(12-18)14-25-10-9-19-17(15-25)13-23-22(24-19)21-6-5-11-28-21/h5-8,11-13H,3-4,9-10,14-15H2,1-2H3. The Morgan fingerprint density at radius 1 is 1.14 bits per heavy atom. The lowest BCUT2D eigenvalue weighted by molar-refractivity contribution is 0.236. The molecule has 3 aromatic rings. The minimum absolute atomic E-state index is 0.656. The van der Waals surface area contributed by atoms with Crippen LogP contribution in [0.5, 0.6) is 11.5 Å². The Morgan fingerprint density at radius 2 is 2.04 bits per heavy atom.